The van der Waals surface area contributed by atoms with E-state index in [1.165, 1.54) is 5.56 Å². The van der Waals surface area contributed by atoms with E-state index in [9.17, 15) is 0 Å². The third kappa shape index (κ3) is 3.17. The van der Waals surface area contributed by atoms with Crippen LogP contribution in [0.2, 0.25) is 0 Å². The summed E-state index contributed by atoms with van der Waals surface area (Å²) in [6.07, 6.45) is 5.01. The first-order valence-electron chi connectivity index (χ1n) is 8.35. The van der Waals surface area contributed by atoms with Crippen LogP contribution in [0.25, 0.3) is 22.0 Å². The molecule has 0 radical (unpaired) electrons. The summed E-state index contributed by atoms with van der Waals surface area (Å²) in [7, 11) is 0. The molecule has 0 aliphatic carbocycles. The molecular weight excluding hydrogens is 324 g/mol. The lowest BCUT2D eigenvalue weighted by molar-refractivity contribution is 0.876. The van der Waals surface area contributed by atoms with Gasteiger partial charge in [-0.15, -0.1) is 0 Å². The molecule has 2 aromatic heterocycles. The van der Waals surface area contributed by atoms with Gasteiger partial charge in [0, 0.05) is 29.4 Å². The molecule has 1 unspecified atom stereocenters. The van der Waals surface area contributed by atoms with Crippen molar-refractivity contribution in [2.45, 2.75) is 13.0 Å². The molecule has 0 saturated heterocycles. The largest absolute Gasteiger partial charge is 0.368 e. The van der Waals surface area contributed by atoms with Crippen LogP contribution in [-0.2, 0) is 0 Å². The van der Waals surface area contributed by atoms with Crippen molar-refractivity contribution in [3.05, 3.63) is 72.8 Å². The molecule has 4 rings (SSSR count). The van der Waals surface area contributed by atoms with Gasteiger partial charge < -0.3 is 11.1 Å². The van der Waals surface area contributed by atoms with Crippen molar-refractivity contribution in [1.82, 2.24) is 19.9 Å². The van der Waals surface area contributed by atoms with Crippen molar-refractivity contribution in [1.29, 1.82) is 0 Å². The fourth-order valence-corrected chi connectivity index (χ4v) is 2.87. The summed E-state index contributed by atoms with van der Waals surface area (Å²) in [5.41, 5.74) is 9.54. The highest BCUT2D eigenvalue weighted by Gasteiger charge is 2.10. The average Bonchev–Trinajstić information content (AvgIpc) is 2.69. The van der Waals surface area contributed by atoms with Crippen LogP contribution in [0.4, 0.5) is 11.8 Å². The minimum absolute atomic E-state index is 0.123. The number of anilines is 2. The molecule has 2 heterocycles. The molecule has 0 amide bonds. The fourth-order valence-electron chi connectivity index (χ4n) is 2.87. The lowest BCUT2D eigenvalue weighted by atomic mass is 10.1. The maximum atomic E-state index is 5.58. The fraction of sp³-hybridized carbons (Fsp3) is 0.100. The third-order valence-electron chi connectivity index (χ3n) is 4.29. The molecule has 0 spiro atoms. The van der Waals surface area contributed by atoms with Crippen LogP contribution in [0, 0.1) is 0 Å². The van der Waals surface area contributed by atoms with Crippen LogP contribution >= 0.6 is 0 Å². The van der Waals surface area contributed by atoms with Crippen LogP contribution in [0.15, 0.2) is 67.3 Å². The Kier molecular flexibility index (Phi) is 4.15. The zero-order valence-corrected chi connectivity index (χ0v) is 14.3. The first-order valence-corrected chi connectivity index (χ1v) is 8.35. The predicted octanol–water partition coefficient (Wildman–Crippen LogP) is 3.84. The smallest absolute Gasteiger partial charge is 0.219 e. The van der Waals surface area contributed by atoms with Crippen molar-refractivity contribution >= 4 is 22.7 Å². The number of nitrogen functional groups attached to an aromatic ring is 1. The standard InChI is InChI=1S/C20H18N6/c1-13(14-5-3-2-4-6-14)26-19-17-9-15(7-8-18(17)24-12-25-19)16-10-22-20(21)23-11-16/h2-13H,1H3,(H2,21,22,23)(H,24,25,26). The second-order valence-electron chi connectivity index (χ2n) is 6.06. The molecule has 1 atom stereocenters. The van der Waals surface area contributed by atoms with E-state index in [0.29, 0.717) is 0 Å². The summed E-state index contributed by atoms with van der Waals surface area (Å²) >= 11 is 0. The van der Waals surface area contributed by atoms with Crippen molar-refractivity contribution in [2.24, 2.45) is 0 Å². The predicted molar refractivity (Wildman–Crippen MR) is 103 cm³/mol. The number of benzene rings is 2. The van der Waals surface area contributed by atoms with E-state index in [4.69, 9.17) is 5.73 Å². The molecule has 6 nitrogen and oxygen atoms in total. The van der Waals surface area contributed by atoms with Crippen molar-refractivity contribution in [3.63, 3.8) is 0 Å². The summed E-state index contributed by atoms with van der Waals surface area (Å²) in [4.78, 5) is 16.9. The van der Waals surface area contributed by atoms with E-state index in [1.807, 2.05) is 36.4 Å². The van der Waals surface area contributed by atoms with Crippen LogP contribution in [0.5, 0.6) is 0 Å². The number of hydrogen-bond donors (Lipinski definition) is 2. The van der Waals surface area contributed by atoms with Crippen molar-refractivity contribution in [2.75, 3.05) is 11.1 Å². The summed E-state index contributed by atoms with van der Waals surface area (Å²) < 4.78 is 0. The van der Waals surface area contributed by atoms with Crippen LogP contribution < -0.4 is 11.1 Å². The highest BCUT2D eigenvalue weighted by Crippen LogP contribution is 2.28. The molecule has 4 aromatic rings. The van der Waals surface area contributed by atoms with E-state index >= 15 is 0 Å². The van der Waals surface area contributed by atoms with Gasteiger partial charge in [0.1, 0.15) is 12.1 Å². The molecule has 2 aromatic carbocycles. The molecule has 0 bridgehead atoms. The van der Waals surface area contributed by atoms with E-state index in [0.717, 1.165) is 27.8 Å². The number of hydrogen-bond acceptors (Lipinski definition) is 6. The molecule has 0 aliphatic heterocycles. The molecular formula is C20H18N6. The minimum Gasteiger partial charge on any atom is -0.368 e. The Hall–Kier alpha value is -3.54. The van der Waals surface area contributed by atoms with Crippen LogP contribution in [0.3, 0.4) is 0 Å². The van der Waals surface area contributed by atoms with E-state index in [1.54, 1.807) is 18.7 Å². The Morgan fingerprint density at radius 1 is 0.885 bits per heavy atom. The monoisotopic (exact) mass is 342 g/mol. The van der Waals surface area contributed by atoms with Gasteiger partial charge in [0.2, 0.25) is 5.95 Å². The minimum atomic E-state index is 0.123. The Balaban J connectivity index is 1.73. The molecule has 0 saturated carbocycles. The lowest BCUT2D eigenvalue weighted by Gasteiger charge is -2.16. The van der Waals surface area contributed by atoms with Crippen molar-refractivity contribution < 1.29 is 0 Å². The lowest BCUT2D eigenvalue weighted by Crippen LogP contribution is -2.08. The summed E-state index contributed by atoms with van der Waals surface area (Å²) in [6, 6.07) is 16.4. The number of aromatic nitrogens is 4. The van der Waals surface area contributed by atoms with Gasteiger partial charge in [0.25, 0.3) is 0 Å². The van der Waals surface area contributed by atoms with E-state index < -0.39 is 0 Å². The summed E-state index contributed by atoms with van der Waals surface area (Å²) in [5, 5.41) is 4.44. The number of rotatable bonds is 4. The molecule has 0 fully saturated rings. The van der Waals surface area contributed by atoms with Crippen molar-refractivity contribution in [3.8, 4) is 11.1 Å². The number of nitrogens with zero attached hydrogens (tertiary/aromatic N) is 4. The molecule has 3 N–H and O–H groups in total. The molecule has 0 aliphatic rings. The van der Waals surface area contributed by atoms with Gasteiger partial charge >= 0.3 is 0 Å². The average molecular weight is 342 g/mol. The third-order valence-corrected chi connectivity index (χ3v) is 4.29. The van der Waals surface area contributed by atoms with Gasteiger partial charge in [-0.05, 0) is 30.2 Å². The zero-order chi connectivity index (χ0) is 17.9. The Bertz CT molecular complexity index is 1030. The normalized spacial score (nSPS) is 12.0. The van der Waals surface area contributed by atoms with Crippen LogP contribution in [0.1, 0.15) is 18.5 Å². The maximum absolute atomic E-state index is 5.58. The summed E-state index contributed by atoms with van der Waals surface area (Å²) in [5.74, 6) is 1.06. The first kappa shape index (κ1) is 16.0. The van der Waals surface area contributed by atoms with Gasteiger partial charge in [-0.25, -0.2) is 19.9 Å². The Morgan fingerprint density at radius 3 is 2.42 bits per heavy atom. The first-order chi connectivity index (χ1) is 12.7. The van der Waals surface area contributed by atoms with Gasteiger partial charge in [-0.3, -0.25) is 0 Å². The van der Waals surface area contributed by atoms with Gasteiger partial charge in [-0.1, -0.05) is 36.4 Å². The SMILES string of the molecule is CC(Nc1ncnc2ccc(-c3cnc(N)nc3)cc12)c1ccccc1. The summed E-state index contributed by atoms with van der Waals surface area (Å²) in [6.45, 7) is 2.11. The topological polar surface area (TPSA) is 89.6 Å². The highest BCUT2D eigenvalue weighted by atomic mass is 15.0. The number of nitrogens with two attached hydrogens (primary N) is 1. The van der Waals surface area contributed by atoms with E-state index in [2.05, 4.69) is 44.3 Å². The highest BCUT2D eigenvalue weighted by molar-refractivity contribution is 5.92. The molecule has 26 heavy (non-hydrogen) atoms. The van der Waals surface area contributed by atoms with Crippen LogP contribution in [-0.4, -0.2) is 19.9 Å². The second-order valence-corrected chi connectivity index (χ2v) is 6.06. The number of nitrogens with one attached hydrogen (secondary N) is 1. The molecule has 6 heteroatoms. The Labute approximate surface area is 151 Å². The van der Waals surface area contributed by atoms with Gasteiger partial charge in [0.15, 0.2) is 0 Å². The van der Waals surface area contributed by atoms with Gasteiger partial charge in [-0.2, -0.15) is 0 Å². The zero-order valence-electron chi connectivity index (χ0n) is 14.3. The van der Waals surface area contributed by atoms with E-state index in [-0.39, 0.29) is 12.0 Å². The quantitative estimate of drug-likeness (QED) is 0.585. The molecule has 128 valence electrons. The number of fused-ring (bicyclic) bond motifs is 1. The maximum Gasteiger partial charge on any atom is 0.219 e. The second kappa shape index (κ2) is 6.76. The Morgan fingerprint density at radius 2 is 1.65 bits per heavy atom. The van der Waals surface area contributed by atoms with Gasteiger partial charge in [0.05, 0.1) is 5.52 Å².